The lowest BCUT2D eigenvalue weighted by molar-refractivity contribution is -0.577. The van der Waals surface area contributed by atoms with Gasteiger partial charge in [0.1, 0.15) is 5.57 Å². The van der Waals surface area contributed by atoms with E-state index in [1.807, 2.05) is 26.0 Å². The van der Waals surface area contributed by atoms with Gasteiger partial charge in [0.15, 0.2) is 23.9 Å². The van der Waals surface area contributed by atoms with E-state index < -0.39 is 17.7 Å². The van der Waals surface area contributed by atoms with Gasteiger partial charge < -0.3 is 14.6 Å². The molecule has 37 heavy (non-hydrogen) atoms. The van der Waals surface area contributed by atoms with Crippen LogP contribution in [0.4, 0.5) is 5.69 Å². The van der Waals surface area contributed by atoms with E-state index in [0.717, 1.165) is 16.0 Å². The Hall–Kier alpha value is -4.92. The van der Waals surface area contributed by atoms with E-state index in [1.165, 1.54) is 4.68 Å². The van der Waals surface area contributed by atoms with E-state index in [9.17, 15) is 14.7 Å². The molecule has 2 aliphatic heterocycles. The third kappa shape index (κ3) is 3.47. The number of amides is 2. The van der Waals surface area contributed by atoms with Crippen molar-refractivity contribution in [2.45, 2.75) is 20.8 Å². The van der Waals surface area contributed by atoms with Gasteiger partial charge >= 0.3 is 5.91 Å². The van der Waals surface area contributed by atoms with E-state index >= 15 is 0 Å². The standard InChI is InChI=1S/C28H22N4O5/c1-16-11-12-30(14-17(16)2)25-24(23-18(3)29-32(27(23)34)19-7-5-4-6-8-19)26(33)31(28(25)35)20-9-10-21-22(13-20)37-15-36-21/h4-14H,15H2,1-3H3. The van der Waals surface area contributed by atoms with Crippen molar-refractivity contribution in [2.24, 2.45) is 0 Å². The Morgan fingerprint density at radius 3 is 2.41 bits per heavy atom. The van der Waals surface area contributed by atoms with Crippen molar-refractivity contribution in [3.63, 3.8) is 0 Å². The summed E-state index contributed by atoms with van der Waals surface area (Å²) in [4.78, 5) is 29.0. The average molecular weight is 495 g/mol. The second kappa shape index (κ2) is 8.34. The zero-order valence-electron chi connectivity index (χ0n) is 20.4. The molecule has 0 aliphatic carbocycles. The van der Waals surface area contributed by atoms with Crippen molar-refractivity contribution in [3.05, 3.63) is 89.4 Å². The molecule has 0 saturated carbocycles. The van der Waals surface area contributed by atoms with Crippen LogP contribution >= 0.6 is 0 Å². The first-order chi connectivity index (χ1) is 17.8. The minimum atomic E-state index is -0.614. The Morgan fingerprint density at radius 2 is 1.65 bits per heavy atom. The number of pyridine rings is 1. The Morgan fingerprint density at radius 1 is 0.892 bits per heavy atom. The Labute approximate surface area is 212 Å². The molecule has 4 heterocycles. The Bertz CT molecular complexity index is 1640. The molecule has 0 fully saturated rings. The summed E-state index contributed by atoms with van der Waals surface area (Å²) in [7, 11) is 0. The first kappa shape index (κ1) is 22.5. The van der Waals surface area contributed by atoms with Crippen LogP contribution in [0.3, 0.4) is 0 Å². The first-order valence-corrected chi connectivity index (χ1v) is 11.7. The van der Waals surface area contributed by atoms with Crippen molar-refractivity contribution in [2.75, 3.05) is 11.7 Å². The molecule has 0 atom stereocenters. The van der Waals surface area contributed by atoms with Gasteiger partial charge in [-0.2, -0.15) is 9.67 Å². The van der Waals surface area contributed by atoms with Gasteiger partial charge in [0.25, 0.3) is 11.6 Å². The molecule has 6 rings (SSSR count). The molecule has 0 N–H and O–H groups in total. The van der Waals surface area contributed by atoms with Crippen molar-refractivity contribution in [1.82, 2.24) is 9.78 Å². The molecule has 0 radical (unpaired) electrons. The minimum Gasteiger partial charge on any atom is -0.858 e. The lowest BCUT2D eigenvalue weighted by atomic mass is 10.0. The first-order valence-electron chi connectivity index (χ1n) is 11.7. The molecular weight excluding hydrogens is 472 g/mol. The van der Waals surface area contributed by atoms with Gasteiger partial charge in [-0.3, -0.25) is 9.59 Å². The van der Waals surface area contributed by atoms with E-state index in [1.54, 1.807) is 66.3 Å². The van der Waals surface area contributed by atoms with Crippen molar-refractivity contribution in [1.29, 1.82) is 0 Å². The molecule has 0 unspecified atom stereocenters. The highest BCUT2D eigenvalue weighted by Gasteiger charge is 2.47. The van der Waals surface area contributed by atoms with Gasteiger partial charge in [-0.1, -0.05) is 18.2 Å². The van der Waals surface area contributed by atoms with Crippen LogP contribution < -0.4 is 24.0 Å². The number of hydrogen-bond donors (Lipinski definition) is 0. The fourth-order valence-electron chi connectivity index (χ4n) is 4.60. The normalized spacial score (nSPS) is 14.7. The number of benzene rings is 2. The monoisotopic (exact) mass is 494 g/mol. The molecule has 2 amide bonds. The number of carbonyl (C=O) groups excluding carboxylic acids is 2. The number of anilines is 1. The van der Waals surface area contributed by atoms with E-state index in [4.69, 9.17) is 9.47 Å². The van der Waals surface area contributed by atoms with Crippen LogP contribution in [0.1, 0.15) is 22.4 Å². The van der Waals surface area contributed by atoms with E-state index in [-0.39, 0.29) is 23.6 Å². The van der Waals surface area contributed by atoms with Crippen LogP contribution in [0.15, 0.2) is 67.0 Å². The number of para-hydroxylation sites is 1. The summed E-state index contributed by atoms with van der Waals surface area (Å²) in [6.45, 7) is 5.60. The number of rotatable bonds is 4. The molecule has 4 aromatic rings. The van der Waals surface area contributed by atoms with Crippen molar-refractivity contribution < 1.29 is 28.7 Å². The molecule has 2 aromatic carbocycles. The number of fused-ring (bicyclic) bond motifs is 1. The van der Waals surface area contributed by atoms with Gasteiger partial charge in [-0.05, 0) is 56.5 Å². The second-order valence-electron chi connectivity index (χ2n) is 8.94. The number of carbonyl (C=O) groups is 2. The number of nitrogens with zero attached hydrogens (tertiary/aromatic N) is 4. The summed E-state index contributed by atoms with van der Waals surface area (Å²) < 4.78 is 13.7. The summed E-state index contributed by atoms with van der Waals surface area (Å²) in [5, 5.41) is 18.1. The van der Waals surface area contributed by atoms with E-state index in [2.05, 4.69) is 5.10 Å². The van der Waals surface area contributed by atoms with Crippen molar-refractivity contribution >= 4 is 28.8 Å². The van der Waals surface area contributed by atoms with Crippen LogP contribution in [-0.4, -0.2) is 28.4 Å². The maximum atomic E-state index is 14.0. The summed E-state index contributed by atoms with van der Waals surface area (Å²) in [5.41, 5.74) is 3.35. The van der Waals surface area contributed by atoms with Gasteiger partial charge in [0.2, 0.25) is 6.79 Å². The third-order valence-electron chi connectivity index (χ3n) is 6.64. The molecule has 2 aliphatic rings. The molecule has 9 nitrogen and oxygen atoms in total. The molecule has 9 heteroatoms. The number of imide groups is 1. The smallest absolute Gasteiger partial charge is 0.331 e. The van der Waals surface area contributed by atoms with Crippen LogP contribution in [-0.2, 0) is 9.59 Å². The van der Waals surface area contributed by atoms with Gasteiger partial charge in [-0.15, -0.1) is 0 Å². The summed E-state index contributed by atoms with van der Waals surface area (Å²) in [5.74, 6) is -0.684. The van der Waals surface area contributed by atoms with Gasteiger partial charge in [0, 0.05) is 23.3 Å². The predicted molar refractivity (Wildman–Crippen MR) is 132 cm³/mol. The topological polar surface area (TPSA) is 101 Å². The molecule has 0 bridgehead atoms. The fraction of sp³-hybridized carbons (Fsp3) is 0.143. The number of aryl methyl sites for hydroxylation is 3. The molecule has 0 saturated heterocycles. The second-order valence-corrected chi connectivity index (χ2v) is 8.94. The van der Waals surface area contributed by atoms with Crippen LogP contribution in [0.25, 0.3) is 17.0 Å². The zero-order valence-corrected chi connectivity index (χ0v) is 20.4. The van der Waals surface area contributed by atoms with Gasteiger partial charge in [0.05, 0.1) is 17.1 Å². The van der Waals surface area contributed by atoms with Crippen molar-refractivity contribution in [3.8, 4) is 23.1 Å². The number of ether oxygens (including phenoxy) is 2. The third-order valence-corrected chi connectivity index (χ3v) is 6.64. The lowest BCUT2D eigenvalue weighted by Crippen LogP contribution is -2.40. The Kier molecular flexibility index (Phi) is 5.08. The quantitative estimate of drug-likeness (QED) is 0.320. The zero-order chi connectivity index (χ0) is 25.8. The molecule has 184 valence electrons. The number of aromatic nitrogens is 3. The minimum absolute atomic E-state index is 0.000557. The van der Waals surface area contributed by atoms with E-state index in [0.29, 0.717) is 28.6 Å². The summed E-state index contributed by atoms with van der Waals surface area (Å²) in [6, 6.07) is 15.7. The fourth-order valence-corrected chi connectivity index (χ4v) is 4.60. The maximum Gasteiger partial charge on any atom is 0.331 e. The predicted octanol–water partition coefficient (Wildman–Crippen LogP) is 2.83. The maximum absolute atomic E-state index is 14.0. The van der Waals surface area contributed by atoms with Crippen LogP contribution in [0, 0.1) is 20.8 Å². The molecular formula is C28H22N4O5. The summed E-state index contributed by atoms with van der Waals surface area (Å²) >= 11 is 0. The van der Waals surface area contributed by atoms with Crippen LogP contribution in [0.2, 0.25) is 0 Å². The van der Waals surface area contributed by atoms with Gasteiger partial charge in [-0.25, -0.2) is 9.58 Å². The Balaban J connectivity index is 1.57. The molecule has 0 spiro atoms. The lowest BCUT2D eigenvalue weighted by Gasteiger charge is -2.16. The van der Waals surface area contributed by atoms with Crippen LogP contribution in [0.5, 0.6) is 17.4 Å². The summed E-state index contributed by atoms with van der Waals surface area (Å²) in [6.07, 6.45) is 3.49. The highest BCUT2D eigenvalue weighted by molar-refractivity contribution is 6.53. The SMILES string of the molecule is Cc1cc[n+](C2=C(c3c(C)nn(-c4ccccc4)c3[O-])C(=O)N(c3ccc4c(c3)OCO4)C2=O)cc1C. The largest absolute Gasteiger partial charge is 0.858 e. The highest BCUT2D eigenvalue weighted by Crippen LogP contribution is 2.41. The average Bonchev–Trinajstić information content (AvgIpc) is 3.55. The number of hydrogen-bond acceptors (Lipinski definition) is 6. The highest BCUT2D eigenvalue weighted by atomic mass is 16.7. The molecule has 2 aromatic heterocycles.